The van der Waals surface area contributed by atoms with Crippen LogP contribution in [0.25, 0.3) is 0 Å². The van der Waals surface area contributed by atoms with Gasteiger partial charge < -0.3 is 14.8 Å². The van der Waals surface area contributed by atoms with Crippen molar-refractivity contribution in [3.8, 4) is 23.0 Å². The van der Waals surface area contributed by atoms with Gasteiger partial charge in [0.05, 0.1) is 11.1 Å². The van der Waals surface area contributed by atoms with Crippen LogP contribution in [0.1, 0.15) is 82.6 Å². The zero-order valence-corrected chi connectivity index (χ0v) is 24.8. The predicted octanol–water partition coefficient (Wildman–Crippen LogP) is 8.93. The molecule has 1 amide bonds. The van der Waals surface area contributed by atoms with Gasteiger partial charge in [0, 0.05) is 6.20 Å². The molecular formula is C35H40N2O3. The largest absolute Gasteiger partial charge is 0.457 e. The van der Waals surface area contributed by atoms with Crippen molar-refractivity contribution in [1.82, 2.24) is 10.3 Å². The van der Waals surface area contributed by atoms with Crippen LogP contribution < -0.4 is 14.8 Å². The van der Waals surface area contributed by atoms with Gasteiger partial charge >= 0.3 is 0 Å². The first-order valence-electron chi connectivity index (χ1n) is 13.7. The Morgan fingerprint density at radius 2 is 1.10 bits per heavy atom. The number of hydrogen-bond donors (Lipinski definition) is 1. The van der Waals surface area contributed by atoms with E-state index in [1.165, 1.54) is 11.1 Å². The summed E-state index contributed by atoms with van der Waals surface area (Å²) < 4.78 is 12.9. The molecule has 4 rings (SSSR count). The first-order valence-corrected chi connectivity index (χ1v) is 13.7. The fourth-order valence-electron chi connectivity index (χ4n) is 4.50. The number of amides is 1. The lowest BCUT2D eigenvalue weighted by Gasteiger charge is -2.30. The number of pyridine rings is 1. The molecule has 0 bridgehead atoms. The average Bonchev–Trinajstić information content (AvgIpc) is 2.88. The van der Waals surface area contributed by atoms with E-state index < -0.39 is 5.54 Å². The molecule has 5 heteroatoms. The van der Waals surface area contributed by atoms with E-state index >= 15 is 0 Å². The van der Waals surface area contributed by atoms with Gasteiger partial charge in [-0.15, -0.1) is 0 Å². The highest BCUT2D eigenvalue weighted by Crippen LogP contribution is 2.42. The molecule has 40 heavy (non-hydrogen) atoms. The van der Waals surface area contributed by atoms with Crippen LogP contribution in [0.2, 0.25) is 0 Å². The topological polar surface area (TPSA) is 60.5 Å². The van der Waals surface area contributed by atoms with Crippen molar-refractivity contribution in [3.05, 3.63) is 114 Å². The van der Waals surface area contributed by atoms with Gasteiger partial charge in [-0.3, -0.25) is 9.78 Å². The fraction of sp³-hybridized carbons (Fsp3) is 0.314. The number of nitrogens with one attached hydrogen (secondary N) is 1. The van der Waals surface area contributed by atoms with Crippen LogP contribution in [0, 0.1) is 0 Å². The van der Waals surface area contributed by atoms with Crippen LogP contribution in [-0.2, 0) is 16.4 Å². The standard InChI is InChI=1S/C35H40N2O3/c1-33(2,3)24-15-19-26(20-16-24)39-29-13-11-14-30(40-27-21-17-25(18-22-27)34(4,5)6)31(29)35(7,8)37-32(38)28-12-9-10-23-36-28/h9-23H,1-8H3,(H,37,38). The molecule has 0 saturated heterocycles. The number of hydrogen-bond acceptors (Lipinski definition) is 4. The first kappa shape index (κ1) is 28.9. The second kappa shape index (κ2) is 11.2. The van der Waals surface area contributed by atoms with Crippen LogP contribution in [0.15, 0.2) is 91.1 Å². The van der Waals surface area contributed by atoms with Crippen LogP contribution >= 0.6 is 0 Å². The number of benzene rings is 3. The predicted molar refractivity (Wildman–Crippen MR) is 162 cm³/mol. The zero-order chi connectivity index (χ0) is 29.1. The van der Waals surface area contributed by atoms with Crippen molar-refractivity contribution in [2.24, 2.45) is 0 Å². The lowest BCUT2D eigenvalue weighted by molar-refractivity contribution is 0.0905. The molecule has 0 aliphatic carbocycles. The summed E-state index contributed by atoms with van der Waals surface area (Å²) in [5, 5.41) is 3.14. The third kappa shape index (κ3) is 6.90. The summed E-state index contributed by atoms with van der Waals surface area (Å²) in [7, 11) is 0. The van der Waals surface area contributed by atoms with E-state index in [1.54, 1.807) is 24.4 Å². The maximum atomic E-state index is 13.2. The average molecular weight is 537 g/mol. The summed E-state index contributed by atoms with van der Waals surface area (Å²) in [6.45, 7) is 17.0. The van der Waals surface area contributed by atoms with Crippen molar-refractivity contribution >= 4 is 5.91 Å². The molecule has 1 heterocycles. The second-order valence-corrected chi connectivity index (χ2v) is 12.7. The van der Waals surface area contributed by atoms with Gasteiger partial charge in [-0.2, -0.15) is 0 Å². The maximum absolute atomic E-state index is 13.2. The molecule has 0 fully saturated rings. The summed E-state index contributed by atoms with van der Waals surface area (Å²) in [5.41, 5.74) is 2.72. The number of carbonyl (C=O) groups is 1. The van der Waals surface area contributed by atoms with Crippen molar-refractivity contribution in [2.75, 3.05) is 0 Å². The Labute approximate surface area is 238 Å². The summed E-state index contributed by atoms with van der Waals surface area (Å²) in [4.78, 5) is 17.4. The molecular weight excluding hydrogens is 496 g/mol. The molecule has 4 aromatic rings. The summed E-state index contributed by atoms with van der Waals surface area (Å²) in [5.74, 6) is 2.31. The van der Waals surface area contributed by atoms with Crippen LogP contribution in [0.3, 0.4) is 0 Å². The minimum absolute atomic E-state index is 0.0394. The summed E-state index contributed by atoms with van der Waals surface area (Å²) >= 11 is 0. The van der Waals surface area contributed by atoms with E-state index in [0.717, 1.165) is 5.56 Å². The minimum atomic E-state index is -0.864. The molecule has 5 nitrogen and oxygen atoms in total. The summed E-state index contributed by atoms with van der Waals surface area (Å²) in [6.07, 6.45) is 1.61. The van der Waals surface area contributed by atoms with E-state index in [4.69, 9.17) is 9.47 Å². The molecule has 0 saturated carbocycles. The third-order valence-corrected chi connectivity index (χ3v) is 6.83. The maximum Gasteiger partial charge on any atom is 0.270 e. The number of ether oxygens (including phenoxy) is 2. The molecule has 208 valence electrons. The molecule has 1 aromatic heterocycles. The Morgan fingerprint density at radius 1 is 0.625 bits per heavy atom. The SMILES string of the molecule is CC(C)(C)c1ccc(Oc2cccc(Oc3ccc(C(C)(C)C)cc3)c2C(C)(C)NC(=O)c2ccccn2)cc1. The van der Waals surface area contributed by atoms with Crippen LogP contribution in [0.5, 0.6) is 23.0 Å². The Morgan fingerprint density at radius 3 is 1.50 bits per heavy atom. The molecule has 0 atom stereocenters. The molecule has 3 aromatic carbocycles. The number of aromatic nitrogens is 1. The van der Waals surface area contributed by atoms with Crippen LogP contribution in [-0.4, -0.2) is 10.9 Å². The fourth-order valence-corrected chi connectivity index (χ4v) is 4.50. The first-order chi connectivity index (χ1) is 18.7. The van der Waals surface area contributed by atoms with E-state index in [-0.39, 0.29) is 16.7 Å². The molecule has 0 unspecified atom stereocenters. The smallest absolute Gasteiger partial charge is 0.270 e. The highest BCUT2D eigenvalue weighted by Gasteiger charge is 2.32. The molecule has 0 aliphatic heterocycles. The van der Waals surface area contributed by atoms with E-state index in [1.807, 2.05) is 56.3 Å². The lowest BCUT2D eigenvalue weighted by Crippen LogP contribution is -2.41. The quantitative estimate of drug-likeness (QED) is 0.256. The highest BCUT2D eigenvalue weighted by atomic mass is 16.5. The van der Waals surface area contributed by atoms with E-state index in [9.17, 15) is 4.79 Å². The second-order valence-electron chi connectivity index (χ2n) is 12.7. The van der Waals surface area contributed by atoms with Crippen molar-refractivity contribution in [1.29, 1.82) is 0 Å². The summed E-state index contributed by atoms with van der Waals surface area (Å²) in [6, 6.07) is 27.2. The van der Waals surface area contributed by atoms with Crippen molar-refractivity contribution in [3.63, 3.8) is 0 Å². The normalized spacial score (nSPS) is 12.1. The van der Waals surface area contributed by atoms with E-state index in [0.29, 0.717) is 28.7 Å². The molecule has 0 spiro atoms. The van der Waals surface area contributed by atoms with Gasteiger partial charge in [-0.1, -0.05) is 77.9 Å². The van der Waals surface area contributed by atoms with Gasteiger partial charge in [0.25, 0.3) is 5.91 Å². The number of carbonyl (C=O) groups excluding carboxylic acids is 1. The van der Waals surface area contributed by atoms with Gasteiger partial charge in [-0.05, 0) is 84.3 Å². The van der Waals surface area contributed by atoms with Crippen LogP contribution in [0.4, 0.5) is 0 Å². The highest BCUT2D eigenvalue weighted by molar-refractivity contribution is 5.92. The van der Waals surface area contributed by atoms with E-state index in [2.05, 4.69) is 76.1 Å². The molecule has 0 aliphatic rings. The van der Waals surface area contributed by atoms with Gasteiger partial charge in [0.1, 0.15) is 28.7 Å². The zero-order valence-electron chi connectivity index (χ0n) is 24.8. The molecule has 1 N–H and O–H groups in total. The third-order valence-electron chi connectivity index (χ3n) is 6.83. The minimum Gasteiger partial charge on any atom is -0.457 e. The number of rotatable bonds is 7. The van der Waals surface area contributed by atoms with Gasteiger partial charge in [-0.25, -0.2) is 0 Å². The monoisotopic (exact) mass is 536 g/mol. The number of nitrogens with zero attached hydrogens (tertiary/aromatic N) is 1. The Hall–Kier alpha value is -4.12. The Kier molecular flexibility index (Phi) is 8.06. The lowest BCUT2D eigenvalue weighted by atomic mass is 9.87. The van der Waals surface area contributed by atoms with Gasteiger partial charge in [0.2, 0.25) is 0 Å². The van der Waals surface area contributed by atoms with Crippen molar-refractivity contribution in [2.45, 2.75) is 71.8 Å². The molecule has 0 radical (unpaired) electrons. The van der Waals surface area contributed by atoms with Crippen molar-refractivity contribution < 1.29 is 14.3 Å². The Bertz CT molecular complexity index is 1370. The Balaban J connectivity index is 1.73. The van der Waals surface area contributed by atoms with Gasteiger partial charge in [0.15, 0.2) is 0 Å².